The van der Waals surface area contributed by atoms with Gasteiger partial charge in [-0.3, -0.25) is 9.89 Å². The number of para-hydroxylation sites is 1. The number of guanidine groups is 1. The molecule has 0 fully saturated rings. The van der Waals surface area contributed by atoms with Crippen molar-refractivity contribution < 1.29 is 9.15 Å². The van der Waals surface area contributed by atoms with E-state index in [-0.39, 0.29) is 6.04 Å². The third kappa shape index (κ3) is 6.51. The molecule has 0 aliphatic carbocycles. The van der Waals surface area contributed by atoms with Crippen LogP contribution >= 0.6 is 0 Å². The van der Waals surface area contributed by atoms with Crippen LogP contribution in [0.2, 0.25) is 0 Å². The predicted molar refractivity (Wildman–Crippen MR) is 101 cm³/mol. The summed E-state index contributed by atoms with van der Waals surface area (Å²) >= 11 is 0. The van der Waals surface area contributed by atoms with E-state index in [2.05, 4.69) is 20.5 Å². The van der Waals surface area contributed by atoms with Gasteiger partial charge in [0.05, 0.1) is 25.4 Å². The standard InChI is InChI=1S/C19H28N4O2/c1-4-20-19(21-12-14-24-16-9-6-5-7-10-16)22-15-17(23(2)3)18-11-8-13-25-18/h5-11,13,17H,4,12,14-15H2,1-3H3,(H2,20,21,22). The summed E-state index contributed by atoms with van der Waals surface area (Å²) in [6.45, 7) is 4.71. The van der Waals surface area contributed by atoms with Crippen LogP contribution in [0.3, 0.4) is 0 Å². The Bertz CT molecular complexity index is 612. The minimum absolute atomic E-state index is 0.103. The lowest BCUT2D eigenvalue weighted by molar-refractivity contribution is 0.264. The van der Waals surface area contributed by atoms with Crippen LogP contribution in [0.1, 0.15) is 18.7 Å². The molecule has 1 aromatic carbocycles. The molecule has 0 aliphatic rings. The monoisotopic (exact) mass is 344 g/mol. The van der Waals surface area contributed by atoms with Crippen LogP contribution in [0.25, 0.3) is 0 Å². The molecule has 0 aliphatic heterocycles. The highest BCUT2D eigenvalue weighted by molar-refractivity contribution is 5.79. The van der Waals surface area contributed by atoms with Gasteiger partial charge >= 0.3 is 0 Å². The molecule has 1 aromatic heterocycles. The van der Waals surface area contributed by atoms with Crippen molar-refractivity contribution in [1.82, 2.24) is 15.5 Å². The summed E-state index contributed by atoms with van der Waals surface area (Å²) in [4.78, 5) is 6.77. The summed E-state index contributed by atoms with van der Waals surface area (Å²) in [6, 6.07) is 13.8. The first-order valence-electron chi connectivity index (χ1n) is 8.60. The largest absolute Gasteiger partial charge is 0.492 e. The summed E-state index contributed by atoms with van der Waals surface area (Å²) in [5.41, 5.74) is 0. The Morgan fingerprint density at radius 3 is 2.60 bits per heavy atom. The SMILES string of the molecule is CCNC(=NCC(c1ccco1)N(C)C)NCCOc1ccccc1. The number of hydrogen-bond donors (Lipinski definition) is 2. The molecule has 0 bridgehead atoms. The van der Waals surface area contributed by atoms with Crippen LogP contribution in [-0.4, -0.2) is 51.2 Å². The molecule has 6 nitrogen and oxygen atoms in total. The number of nitrogens with zero attached hydrogens (tertiary/aromatic N) is 2. The molecular weight excluding hydrogens is 316 g/mol. The van der Waals surface area contributed by atoms with Gasteiger partial charge in [-0.1, -0.05) is 18.2 Å². The van der Waals surface area contributed by atoms with Gasteiger partial charge in [0.1, 0.15) is 18.1 Å². The van der Waals surface area contributed by atoms with E-state index in [4.69, 9.17) is 9.15 Å². The van der Waals surface area contributed by atoms with E-state index in [1.807, 2.05) is 63.5 Å². The van der Waals surface area contributed by atoms with Gasteiger partial charge in [0.25, 0.3) is 0 Å². The number of furan rings is 1. The first kappa shape index (κ1) is 18.9. The lowest BCUT2D eigenvalue weighted by Gasteiger charge is -2.21. The average Bonchev–Trinajstić information content (AvgIpc) is 3.13. The molecule has 1 atom stereocenters. The summed E-state index contributed by atoms with van der Waals surface area (Å²) in [6.07, 6.45) is 1.69. The Morgan fingerprint density at radius 1 is 1.16 bits per heavy atom. The number of aliphatic imine (C=N–C) groups is 1. The van der Waals surface area contributed by atoms with Crippen molar-refractivity contribution in [3.8, 4) is 5.75 Å². The fourth-order valence-corrected chi connectivity index (χ4v) is 2.36. The van der Waals surface area contributed by atoms with Crippen molar-refractivity contribution in [2.45, 2.75) is 13.0 Å². The van der Waals surface area contributed by atoms with Gasteiger partial charge in [0, 0.05) is 6.54 Å². The van der Waals surface area contributed by atoms with Crippen LogP contribution in [0.15, 0.2) is 58.1 Å². The highest BCUT2D eigenvalue weighted by atomic mass is 16.5. The maximum absolute atomic E-state index is 5.69. The van der Waals surface area contributed by atoms with Crippen LogP contribution in [-0.2, 0) is 0 Å². The quantitative estimate of drug-likeness (QED) is 0.416. The normalized spacial score (nSPS) is 12.9. The molecule has 6 heteroatoms. The van der Waals surface area contributed by atoms with Crippen molar-refractivity contribution in [1.29, 1.82) is 0 Å². The van der Waals surface area contributed by atoms with Crippen molar-refractivity contribution >= 4 is 5.96 Å². The van der Waals surface area contributed by atoms with Crippen molar-refractivity contribution in [3.63, 3.8) is 0 Å². The minimum Gasteiger partial charge on any atom is -0.492 e. The maximum atomic E-state index is 5.69. The summed E-state index contributed by atoms with van der Waals surface area (Å²) in [5.74, 6) is 2.56. The molecule has 1 heterocycles. The van der Waals surface area contributed by atoms with Gasteiger partial charge < -0.3 is 19.8 Å². The number of hydrogen-bond acceptors (Lipinski definition) is 4. The molecule has 0 spiro atoms. The van der Waals surface area contributed by atoms with Crippen LogP contribution in [0, 0.1) is 0 Å². The highest BCUT2D eigenvalue weighted by Gasteiger charge is 2.16. The second-order valence-electron chi connectivity index (χ2n) is 5.80. The minimum atomic E-state index is 0.103. The van der Waals surface area contributed by atoms with Crippen molar-refractivity contribution in [2.24, 2.45) is 4.99 Å². The summed E-state index contributed by atoms with van der Waals surface area (Å²) in [7, 11) is 4.05. The molecule has 25 heavy (non-hydrogen) atoms. The smallest absolute Gasteiger partial charge is 0.191 e. The van der Waals surface area contributed by atoms with Gasteiger partial charge in [-0.15, -0.1) is 0 Å². The van der Waals surface area contributed by atoms with E-state index in [0.717, 1.165) is 24.0 Å². The molecular formula is C19H28N4O2. The van der Waals surface area contributed by atoms with Crippen molar-refractivity contribution in [3.05, 3.63) is 54.5 Å². The Kier molecular flexibility index (Phi) is 7.85. The van der Waals surface area contributed by atoms with Gasteiger partial charge in [-0.2, -0.15) is 0 Å². The fourth-order valence-electron chi connectivity index (χ4n) is 2.36. The van der Waals surface area contributed by atoms with E-state index >= 15 is 0 Å². The lowest BCUT2D eigenvalue weighted by atomic mass is 10.2. The molecule has 136 valence electrons. The molecule has 2 N–H and O–H groups in total. The number of ether oxygens (including phenoxy) is 1. The van der Waals surface area contributed by atoms with Gasteiger partial charge in [-0.05, 0) is 45.3 Å². The number of nitrogens with one attached hydrogen (secondary N) is 2. The maximum Gasteiger partial charge on any atom is 0.191 e. The second kappa shape index (κ2) is 10.4. The molecule has 2 aromatic rings. The van der Waals surface area contributed by atoms with Crippen LogP contribution < -0.4 is 15.4 Å². The lowest BCUT2D eigenvalue weighted by Crippen LogP contribution is -2.40. The van der Waals surface area contributed by atoms with E-state index in [9.17, 15) is 0 Å². The molecule has 0 saturated heterocycles. The van der Waals surface area contributed by atoms with Crippen LogP contribution in [0.5, 0.6) is 5.75 Å². The van der Waals surface area contributed by atoms with E-state index in [1.165, 1.54) is 0 Å². The van der Waals surface area contributed by atoms with E-state index in [1.54, 1.807) is 6.26 Å². The van der Waals surface area contributed by atoms with Gasteiger partial charge in [0.2, 0.25) is 0 Å². The highest BCUT2D eigenvalue weighted by Crippen LogP contribution is 2.18. The Balaban J connectivity index is 1.84. The zero-order valence-electron chi connectivity index (χ0n) is 15.2. The number of likely N-dealkylation sites (N-methyl/N-ethyl adjacent to an activating group) is 1. The zero-order valence-corrected chi connectivity index (χ0v) is 15.2. The zero-order chi connectivity index (χ0) is 17.9. The number of benzene rings is 1. The Hall–Kier alpha value is -2.47. The Morgan fingerprint density at radius 2 is 1.96 bits per heavy atom. The van der Waals surface area contributed by atoms with Crippen LogP contribution in [0.4, 0.5) is 0 Å². The van der Waals surface area contributed by atoms with Crippen molar-refractivity contribution in [2.75, 3.05) is 40.3 Å². The molecule has 1 unspecified atom stereocenters. The average molecular weight is 344 g/mol. The summed E-state index contributed by atoms with van der Waals surface area (Å²) < 4.78 is 11.2. The third-order valence-corrected chi connectivity index (χ3v) is 3.67. The fraction of sp³-hybridized carbons (Fsp3) is 0.421. The van der Waals surface area contributed by atoms with E-state index < -0.39 is 0 Å². The molecule has 0 radical (unpaired) electrons. The summed E-state index contributed by atoms with van der Waals surface area (Å²) in [5, 5.41) is 6.55. The topological polar surface area (TPSA) is 62.0 Å². The first-order valence-corrected chi connectivity index (χ1v) is 8.60. The first-order chi connectivity index (χ1) is 12.2. The van der Waals surface area contributed by atoms with E-state index in [0.29, 0.717) is 19.7 Å². The van der Waals surface area contributed by atoms with Gasteiger partial charge in [0.15, 0.2) is 5.96 Å². The molecule has 0 amide bonds. The van der Waals surface area contributed by atoms with Gasteiger partial charge in [-0.25, -0.2) is 0 Å². The number of rotatable bonds is 9. The Labute approximate surface area is 149 Å². The third-order valence-electron chi connectivity index (χ3n) is 3.67. The molecule has 2 rings (SSSR count). The predicted octanol–water partition coefficient (Wildman–Crippen LogP) is 2.52. The second-order valence-corrected chi connectivity index (χ2v) is 5.80. The molecule has 0 saturated carbocycles.